The highest BCUT2D eigenvalue weighted by Gasteiger charge is 2.35. The Morgan fingerprint density at radius 2 is 2.19 bits per heavy atom. The Hall–Kier alpha value is -1.51. The summed E-state index contributed by atoms with van der Waals surface area (Å²) in [5, 5.41) is 12.7. The number of carboxylic acid groups (broad SMARTS) is 1. The summed E-state index contributed by atoms with van der Waals surface area (Å²) >= 11 is 0. The van der Waals surface area contributed by atoms with Gasteiger partial charge >= 0.3 is 5.97 Å². The van der Waals surface area contributed by atoms with Gasteiger partial charge in [-0.3, -0.25) is 4.79 Å². The van der Waals surface area contributed by atoms with Crippen molar-refractivity contribution in [3.63, 3.8) is 0 Å². The third-order valence-electron chi connectivity index (χ3n) is 4.56. The van der Waals surface area contributed by atoms with Crippen molar-refractivity contribution >= 4 is 11.7 Å². The van der Waals surface area contributed by atoms with Crippen LogP contribution in [0.15, 0.2) is 24.3 Å². The molecule has 3 unspecified atom stereocenters. The van der Waals surface area contributed by atoms with Crippen LogP contribution in [0.25, 0.3) is 0 Å². The number of hydrogen-bond acceptors (Lipinski definition) is 2. The highest BCUT2D eigenvalue weighted by molar-refractivity contribution is 5.76. The normalized spacial score (nSPS) is 21.8. The topological polar surface area (TPSA) is 49.3 Å². The Morgan fingerprint density at radius 3 is 2.86 bits per heavy atom. The van der Waals surface area contributed by atoms with E-state index in [1.54, 1.807) is 0 Å². The first-order valence-corrected chi connectivity index (χ1v) is 8.22. The Kier molecular flexibility index (Phi) is 5.66. The summed E-state index contributed by atoms with van der Waals surface area (Å²) in [5.74, 6) is 0.575. The third kappa shape index (κ3) is 4.48. The lowest BCUT2D eigenvalue weighted by molar-refractivity contribution is -0.138. The van der Waals surface area contributed by atoms with Crippen LogP contribution in [-0.4, -0.2) is 17.6 Å². The number of nitrogens with one attached hydrogen (secondary N) is 1. The highest BCUT2D eigenvalue weighted by Crippen LogP contribution is 2.42. The molecule has 1 fully saturated rings. The van der Waals surface area contributed by atoms with Gasteiger partial charge in [0.25, 0.3) is 0 Å². The molecule has 0 aliphatic heterocycles. The number of aliphatic carboxylic acids is 1. The molecular weight excluding hydrogens is 262 g/mol. The van der Waals surface area contributed by atoms with Crippen LogP contribution < -0.4 is 5.32 Å². The van der Waals surface area contributed by atoms with Crippen molar-refractivity contribution in [1.29, 1.82) is 0 Å². The van der Waals surface area contributed by atoms with Crippen molar-refractivity contribution in [2.75, 3.05) is 11.9 Å². The van der Waals surface area contributed by atoms with Crippen LogP contribution in [0.1, 0.15) is 57.4 Å². The lowest BCUT2D eigenvalue weighted by Crippen LogP contribution is -2.11. The van der Waals surface area contributed by atoms with E-state index in [-0.39, 0.29) is 0 Å². The van der Waals surface area contributed by atoms with Gasteiger partial charge in [-0.15, -0.1) is 0 Å². The van der Waals surface area contributed by atoms with Crippen LogP contribution in [0.5, 0.6) is 0 Å². The zero-order valence-corrected chi connectivity index (χ0v) is 13.1. The minimum atomic E-state index is -0.739. The fraction of sp³-hybridized carbons (Fsp3) is 0.611. The van der Waals surface area contributed by atoms with E-state index in [9.17, 15) is 9.90 Å². The quantitative estimate of drug-likeness (QED) is 0.703. The van der Waals surface area contributed by atoms with Crippen molar-refractivity contribution in [3.8, 4) is 0 Å². The van der Waals surface area contributed by atoms with Crippen LogP contribution in [0, 0.1) is 11.8 Å². The molecule has 3 heteroatoms. The van der Waals surface area contributed by atoms with E-state index >= 15 is 0 Å². The summed E-state index contributed by atoms with van der Waals surface area (Å²) in [5.41, 5.74) is 1.95. The summed E-state index contributed by atoms with van der Waals surface area (Å²) in [6.45, 7) is 5.18. The fourth-order valence-corrected chi connectivity index (χ4v) is 3.05. The number of hydrogen-bond donors (Lipinski definition) is 2. The molecule has 3 atom stereocenters. The number of unbranched alkanes of at least 4 members (excludes halogenated alkanes) is 1. The molecule has 1 aliphatic carbocycles. The standard InChI is InChI=1S/C18H27NO2/c1-3-5-7-13-10-15(13)12-19-16-9-6-8-14(11-16)17(4-2)18(20)21/h6,8-9,11,13,15,17,19H,3-5,7,10,12H2,1-2H3,(H,20,21). The molecule has 1 aromatic carbocycles. The molecule has 0 radical (unpaired) electrons. The molecule has 0 bridgehead atoms. The number of benzene rings is 1. The van der Waals surface area contributed by atoms with Gasteiger partial charge in [-0.2, -0.15) is 0 Å². The van der Waals surface area contributed by atoms with Crippen LogP contribution in [0.3, 0.4) is 0 Å². The average Bonchev–Trinajstić information content (AvgIpc) is 3.22. The molecule has 116 valence electrons. The van der Waals surface area contributed by atoms with Crippen LogP contribution in [0.4, 0.5) is 5.69 Å². The molecular formula is C18H27NO2. The second-order valence-corrected chi connectivity index (χ2v) is 6.20. The minimum absolute atomic E-state index is 0.398. The molecule has 0 amide bonds. The van der Waals surface area contributed by atoms with E-state index in [2.05, 4.69) is 12.2 Å². The van der Waals surface area contributed by atoms with Crippen molar-refractivity contribution in [2.24, 2.45) is 11.8 Å². The molecule has 2 N–H and O–H groups in total. The number of carboxylic acids is 1. The molecule has 1 aliphatic rings. The van der Waals surface area contributed by atoms with Gasteiger partial charge in [0.1, 0.15) is 0 Å². The molecule has 3 nitrogen and oxygen atoms in total. The molecule has 0 spiro atoms. The monoisotopic (exact) mass is 289 g/mol. The lowest BCUT2D eigenvalue weighted by atomic mass is 9.96. The maximum atomic E-state index is 11.2. The summed E-state index contributed by atoms with van der Waals surface area (Å²) in [4.78, 5) is 11.2. The molecule has 21 heavy (non-hydrogen) atoms. The highest BCUT2D eigenvalue weighted by atomic mass is 16.4. The summed E-state index contributed by atoms with van der Waals surface area (Å²) in [6, 6.07) is 7.88. The molecule has 0 aromatic heterocycles. The van der Waals surface area contributed by atoms with Crippen LogP contribution in [-0.2, 0) is 4.79 Å². The average molecular weight is 289 g/mol. The maximum Gasteiger partial charge on any atom is 0.310 e. The fourth-order valence-electron chi connectivity index (χ4n) is 3.05. The van der Waals surface area contributed by atoms with Gasteiger partial charge in [0.05, 0.1) is 5.92 Å². The second kappa shape index (κ2) is 7.48. The zero-order valence-electron chi connectivity index (χ0n) is 13.1. The first-order chi connectivity index (χ1) is 10.2. The van der Waals surface area contributed by atoms with E-state index in [1.165, 1.54) is 25.7 Å². The van der Waals surface area contributed by atoms with Gasteiger partial charge < -0.3 is 10.4 Å². The predicted molar refractivity (Wildman–Crippen MR) is 86.7 cm³/mol. The SMILES string of the molecule is CCCCC1CC1CNc1cccc(C(CC)C(=O)O)c1. The van der Waals surface area contributed by atoms with Crippen molar-refractivity contribution in [1.82, 2.24) is 0 Å². The summed E-state index contributed by atoms with van der Waals surface area (Å²) < 4.78 is 0. The molecule has 0 heterocycles. The Balaban J connectivity index is 1.86. The van der Waals surface area contributed by atoms with E-state index in [0.29, 0.717) is 6.42 Å². The van der Waals surface area contributed by atoms with Gasteiger partial charge in [-0.1, -0.05) is 45.2 Å². The van der Waals surface area contributed by atoms with E-state index in [0.717, 1.165) is 29.6 Å². The zero-order chi connectivity index (χ0) is 15.2. The number of rotatable bonds is 9. The van der Waals surface area contributed by atoms with Crippen molar-refractivity contribution in [2.45, 2.75) is 51.9 Å². The van der Waals surface area contributed by atoms with Crippen LogP contribution >= 0.6 is 0 Å². The molecule has 0 saturated heterocycles. The van der Waals surface area contributed by atoms with Crippen molar-refractivity contribution < 1.29 is 9.90 Å². The van der Waals surface area contributed by atoms with E-state index < -0.39 is 11.9 Å². The van der Waals surface area contributed by atoms with E-state index in [1.807, 2.05) is 31.2 Å². The smallest absolute Gasteiger partial charge is 0.310 e. The van der Waals surface area contributed by atoms with Gasteiger partial charge in [0.2, 0.25) is 0 Å². The lowest BCUT2D eigenvalue weighted by Gasteiger charge is -2.13. The molecule has 1 saturated carbocycles. The van der Waals surface area contributed by atoms with Gasteiger partial charge in [0, 0.05) is 12.2 Å². The van der Waals surface area contributed by atoms with Crippen LogP contribution in [0.2, 0.25) is 0 Å². The number of carbonyl (C=O) groups is 1. The third-order valence-corrected chi connectivity index (χ3v) is 4.56. The largest absolute Gasteiger partial charge is 0.481 e. The second-order valence-electron chi connectivity index (χ2n) is 6.20. The molecule has 2 rings (SSSR count). The summed E-state index contributed by atoms with van der Waals surface area (Å²) in [7, 11) is 0. The Morgan fingerprint density at radius 1 is 1.38 bits per heavy atom. The minimum Gasteiger partial charge on any atom is -0.481 e. The van der Waals surface area contributed by atoms with Gasteiger partial charge in [-0.25, -0.2) is 0 Å². The Labute approximate surface area is 127 Å². The predicted octanol–water partition coefficient (Wildman–Crippen LogP) is 4.50. The summed E-state index contributed by atoms with van der Waals surface area (Å²) in [6.07, 6.45) is 5.96. The van der Waals surface area contributed by atoms with E-state index in [4.69, 9.17) is 0 Å². The maximum absolute atomic E-state index is 11.2. The Bertz CT molecular complexity index is 472. The van der Waals surface area contributed by atoms with Gasteiger partial charge in [0.15, 0.2) is 0 Å². The molecule has 1 aromatic rings. The van der Waals surface area contributed by atoms with Gasteiger partial charge in [-0.05, 0) is 42.4 Å². The first kappa shape index (κ1) is 15.9. The number of anilines is 1. The van der Waals surface area contributed by atoms with Crippen molar-refractivity contribution in [3.05, 3.63) is 29.8 Å². The first-order valence-electron chi connectivity index (χ1n) is 8.22.